The molecule has 0 aromatic heterocycles. The lowest BCUT2D eigenvalue weighted by atomic mass is 9.59. The van der Waals surface area contributed by atoms with Crippen molar-refractivity contribution in [2.45, 2.75) is 65.1 Å². The van der Waals surface area contributed by atoms with Crippen molar-refractivity contribution in [3.63, 3.8) is 0 Å². The molecule has 2 aliphatic carbocycles. The Morgan fingerprint density at radius 2 is 1.72 bits per heavy atom. The highest BCUT2D eigenvalue weighted by atomic mass is 16.6. The largest absolute Gasteiger partial charge is 0.496 e. The Labute approximate surface area is 172 Å². The van der Waals surface area contributed by atoms with Gasteiger partial charge in [-0.05, 0) is 16.9 Å². The fourth-order valence-electron chi connectivity index (χ4n) is 5.59. The minimum Gasteiger partial charge on any atom is -0.496 e. The molecule has 29 heavy (non-hydrogen) atoms. The molecule has 1 fully saturated rings. The highest BCUT2D eigenvalue weighted by Crippen LogP contribution is 2.58. The van der Waals surface area contributed by atoms with Crippen molar-refractivity contribution in [3.05, 3.63) is 41.2 Å². The zero-order valence-electron chi connectivity index (χ0n) is 17.9. The number of allylic oxidation sites excluding steroid dienone is 2. The van der Waals surface area contributed by atoms with Crippen LogP contribution in [-0.2, 0) is 14.3 Å². The van der Waals surface area contributed by atoms with Gasteiger partial charge in [-0.3, -0.25) is 9.59 Å². The molecule has 5 nitrogen and oxygen atoms in total. The van der Waals surface area contributed by atoms with Gasteiger partial charge in [-0.15, -0.1) is 0 Å². The van der Waals surface area contributed by atoms with Crippen LogP contribution < -0.4 is 4.74 Å². The number of benzene rings is 1. The van der Waals surface area contributed by atoms with Crippen LogP contribution in [0, 0.1) is 16.7 Å². The molecule has 1 saturated carbocycles. The summed E-state index contributed by atoms with van der Waals surface area (Å²) in [5.41, 5.74) is 0.672. The molecule has 0 unspecified atom stereocenters. The summed E-state index contributed by atoms with van der Waals surface area (Å²) in [6.07, 6.45) is 1.64. The van der Waals surface area contributed by atoms with E-state index in [-0.39, 0.29) is 22.4 Å². The lowest BCUT2D eigenvalue weighted by Gasteiger charge is -2.53. The van der Waals surface area contributed by atoms with Crippen LogP contribution in [-0.4, -0.2) is 29.6 Å². The summed E-state index contributed by atoms with van der Waals surface area (Å²) in [6.45, 7) is 8.01. The van der Waals surface area contributed by atoms with E-state index in [0.29, 0.717) is 42.8 Å². The van der Waals surface area contributed by atoms with E-state index in [4.69, 9.17) is 9.47 Å². The predicted octanol–water partition coefficient (Wildman–Crippen LogP) is 4.15. The normalized spacial score (nSPS) is 32.9. The molecule has 1 N–H and O–H groups in total. The van der Waals surface area contributed by atoms with E-state index in [1.165, 1.54) is 0 Å². The highest BCUT2D eigenvalue weighted by molar-refractivity contribution is 6.01. The number of carbonyl (C=O) groups is 2. The average Bonchev–Trinajstić information content (AvgIpc) is 2.56. The van der Waals surface area contributed by atoms with Crippen molar-refractivity contribution in [3.8, 4) is 5.75 Å². The van der Waals surface area contributed by atoms with Gasteiger partial charge in [0, 0.05) is 42.7 Å². The number of rotatable bonds is 2. The van der Waals surface area contributed by atoms with Crippen molar-refractivity contribution in [1.82, 2.24) is 0 Å². The summed E-state index contributed by atoms with van der Waals surface area (Å²) in [7, 11) is 1.58. The molecule has 1 aliphatic heterocycles. The lowest BCUT2D eigenvalue weighted by molar-refractivity contribution is -0.253. The quantitative estimate of drug-likeness (QED) is 0.810. The molecule has 0 bridgehead atoms. The number of hydrogen-bond donors (Lipinski definition) is 1. The number of ketones is 2. The second kappa shape index (κ2) is 6.43. The smallest absolute Gasteiger partial charge is 0.218 e. The molecule has 156 valence electrons. The van der Waals surface area contributed by atoms with Crippen LogP contribution in [0.25, 0.3) is 0 Å². The number of methoxy groups -OCH3 is 1. The van der Waals surface area contributed by atoms with E-state index in [0.717, 1.165) is 5.56 Å². The predicted molar refractivity (Wildman–Crippen MR) is 108 cm³/mol. The molecule has 4 rings (SSSR count). The van der Waals surface area contributed by atoms with E-state index in [2.05, 4.69) is 0 Å². The Morgan fingerprint density at radius 3 is 2.41 bits per heavy atom. The molecule has 3 aliphatic rings. The topological polar surface area (TPSA) is 72.8 Å². The Hall–Kier alpha value is -2.14. The first kappa shape index (κ1) is 20.1. The zero-order chi connectivity index (χ0) is 21.2. The summed E-state index contributed by atoms with van der Waals surface area (Å²) < 4.78 is 11.7. The van der Waals surface area contributed by atoms with Crippen molar-refractivity contribution < 1.29 is 24.2 Å². The van der Waals surface area contributed by atoms with Crippen LogP contribution in [0.5, 0.6) is 5.75 Å². The molecule has 1 aromatic carbocycles. The fourth-order valence-corrected chi connectivity index (χ4v) is 5.59. The Morgan fingerprint density at radius 1 is 1.03 bits per heavy atom. The van der Waals surface area contributed by atoms with Gasteiger partial charge in [-0.2, -0.15) is 0 Å². The van der Waals surface area contributed by atoms with E-state index < -0.39 is 17.6 Å². The van der Waals surface area contributed by atoms with E-state index in [1.54, 1.807) is 7.11 Å². The Balaban J connectivity index is 1.96. The van der Waals surface area contributed by atoms with Gasteiger partial charge in [0.2, 0.25) is 5.79 Å². The van der Waals surface area contributed by atoms with Crippen LogP contribution in [0.2, 0.25) is 0 Å². The number of para-hydroxylation sites is 1. The SMILES string of the molecule is COc1ccccc1[C@@H]1C2=C(CC(C)(C)CC2=O)O[C@@]2(O)CC(C)(C)CC(=O)[C@H]12. The third-order valence-corrected chi connectivity index (χ3v) is 6.51. The number of aliphatic hydroxyl groups is 1. The maximum atomic E-state index is 13.3. The van der Waals surface area contributed by atoms with Crippen LogP contribution >= 0.6 is 0 Å². The molecule has 0 spiro atoms. The Kier molecular flexibility index (Phi) is 4.47. The molecule has 1 aromatic rings. The molecule has 0 amide bonds. The number of fused-ring (bicyclic) bond motifs is 1. The number of ether oxygens (including phenoxy) is 2. The summed E-state index contributed by atoms with van der Waals surface area (Å²) >= 11 is 0. The monoisotopic (exact) mass is 398 g/mol. The van der Waals surface area contributed by atoms with Gasteiger partial charge in [-0.25, -0.2) is 0 Å². The third kappa shape index (κ3) is 3.29. The molecule has 3 atom stereocenters. The summed E-state index contributed by atoms with van der Waals surface area (Å²) in [5, 5.41) is 11.7. The number of hydrogen-bond acceptors (Lipinski definition) is 5. The minimum absolute atomic E-state index is 0.00756. The van der Waals surface area contributed by atoms with Crippen LogP contribution in [0.4, 0.5) is 0 Å². The fraction of sp³-hybridized carbons (Fsp3) is 0.583. The van der Waals surface area contributed by atoms with Crippen LogP contribution in [0.3, 0.4) is 0 Å². The third-order valence-electron chi connectivity index (χ3n) is 6.51. The van der Waals surface area contributed by atoms with E-state index >= 15 is 0 Å². The minimum atomic E-state index is -1.63. The Bertz CT molecular complexity index is 910. The van der Waals surface area contributed by atoms with Crippen LogP contribution in [0.1, 0.15) is 64.9 Å². The summed E-state index contributed by atoms with van der Waals surface area (Å²) in [5.74, 6) is -1.94. The molecular weight excluding hydrogens is 368 g/mol. The first-order valence-corrected chi connectivity index (χ1v) is 10.3. The van der Waals surface area contributed by atoms with Crippen molar-refractivity contribution in [1.29, 1.82) is 0 Å². The van der Waals surface area contributed by atoms with E-state index in [1.807, 2.05) is 52.0 Å². The first-order chi connectivity index (χ1) is 13.5. The number of Topliss-reactive ketones (excluding diaryl/α,β-unsaturated/α-hetero) is 2. The van der Waals surface area contributed by atoms with Crippen molar-refractivity contribution in [2.75, 3.05) is 7.11 Å². The zero-order valence-corrected chi connectivity index (χ0v) is 17.9. The van der Waals surface area contributed by atoms with Gasteiger partial charge < -0.3 is 14.6 Å². The first-order valence-electron chi connectivity index (χ1n) is 10.3. The van der Waals surface area contributed by atoms with Crippen LogP contribution in [0.15, 0.2) is 35.6 Å². The van der Waals surface area contributed by atoms with Gasteiger partial charge in [0.05, 0.1) is 13.0 Å². The van der Waals surface area contributed by atoms with E-state index in [9.17, 15) is 14.7 Å². The van der Waals surface area contributed by atoms with Crippen molar-refractivity contribution in [2.24, 2.45) is 16.7 Å². The highest BCUT2D eigenvalue weighted by Gasteiger charge is 2.61. The van der Waals surface area contributed by atoms with Gasteiger partial charge >= 0.3 is 0 Å². The molecule has 5 heteroatoms. The maximum Gasteiger partial charge on any atom is 0.218 e. The van der Waals surface area contributed by atoms with Gasteiger partial charge in [-0.1, -0.05) is 45.9 Å². The second-order valence-electron chi connectivity index (χ2n) is 10.4. The lowest BCUT2D eigenvalue weighted by Crippen LogP contribution is -2.58. The molecule has 0 saturated heterocycles. The maximum absolute atomic E-state index is 13.3. The standard InChI is InChI=1S/C24H30O5/c1-22(2)10-15(25)20-18(12-22)29-24(27)13-23(3,4)11-16(26)21(24)19(20)14-8-6-7-9-17(14)28-5/h6-9,19,21,27H,10-13H2,1-5H3/t19-,21-,24+/m1/s1. The molecular formula is C24H30O5. The second-order valence-corrected chi connectivity index (χ2v) is 10.4. The summed E-state index contributed by atoms with van der Waals surface area (Å²) in [4.78, 5) is 26.6. The van der Waals surface area contributed by atoms with Gasteiger partial charge in [0.15, 0.2) is 5.78 Å². The number of carbonyl (C=O) groups excluding carboxylic acids is 2. The van der Waals surface area contributed by atoms with Gasteiger partial charge in [0.1, 0.15) is 17.3 Å². The molecule has 0 radical (unpaired) electrons. The van der Waals surface area contributed by atoms with Gasteiger partial charge in [0.25, 0.3) is 0 Å². The summed E-state index contributed by atoms with van der Waals surface area (Å²) in [6, 6.07) is 7.46. The molecule has 1 heterocycles. The van der Waals surface area contributed by atoms with Crippen molar-refractivity contribution >= 4 is 11.6 Å². The average molecular weight is 398 g/mol.